The maximum Gasteiger partial charge on any atom is 0.232 e. The number of benzene rings is 3. The van der Waals surface area contributed by atoms with E-state index in [9.17, 15) is 9.59 Å². The predicted octanol–water partition coefficient (Wildman–Crippen LogP) is 4.88. The molecule has 0 saturated heterocycles. The first-order valence-electron chi connectivity index (χ1n) is 9.86. The van der Waals surface area contributed by atoms with E-state index in [1.807, 2.05) is 54.6 Å². The molecule has 4 aromatic rings. The number of nitrogens with zero attached hydrogens (tertiary/aromatic N) is 1. The van der Waals surface area contributed by atoms with Gasteiger partial charge in [0, 0.05) is 46.1 Å². The second kappa shape index (κ2) is 6.78. The lowest BCUT2D eigenvalue weighted by molar-refractivity contribution is -0.122. The summed E-state index contributed by atoms with van der Waals surface area (Å²) in [6, 6.07) is 21.8. The molecule has 144 valence electrons. The van der Waals surface area contributed by atoms with E-state index in [4.69, 9.17) is 0 Å². The van der Waals surface area contributed by atoms with Gasteiger partial charge in [-0.1, -0.05) is 36.4 Å². The number of hydrogen-bond donors (Lipinski definition) is 2. The Morgan fingerprint density at radius 1 is 1.00 bits per heavy atom. The van der Waals surface area contributed by atoms with Crippen LogP contribution in [0.15, 0.2) is 66.7 Å². The highest BCUT2D eigenvalue weighted by molar-refractivity contribution is 6.10. The van der Waals surface area contributed by atoms with Crippen LogP contribution in [-0.4, -0.2) is 16.4 Å². The standard InChI is InChI=1S/C24H21N3O2/c1-2-27-21-10-6-4-8-17(21)18-13-15(11-12-22(18)27)25-23(28)14-19-16-7-3-5-9-20(16)26-24(19)29/h3-13,19H,2,14H2,1H3,(H,25,28)(H,26,29). The Morgan fingerprint density at radius 2 is 1.76 bits per heavy atom. The van der Waals surface area contributed by atoms with Crippen molar-refractivity contribution in [3.05, 3.63) is 72.3 Å². The van der Waals surface area contributed by atoms with E-state index in [-0.39, 0.29) is 18.2 Å². The summed E-state index contributed by atoms with van der Waals surface area (Å²) in [6.45, 7) is 3.01. The van der Waals surface area contributed by atoms with Crippen LogP contribution in [0.1, 0.15) is 24.8 Å². The summed E-state index contributed by atoms with van der Waals surface area (Å²) in [5.74, 6) is -0.736. The van der Waals surface area contributed by atoms with Crippen molar-refractivity contribution < 1.29 is 9.59 Å². The molecule has 29 heavy (non-hydrogen) atoms. The van der Waals surface area contributed by atoms with Crippen LogP contribution in [0.5, 0.6) is 0 Å². The van der Waals surface area contributed by atoms with Crippen LogP contribution < -0.4 is 10.6 Å². The molecule has 0 fully saturated rings. The lowest BCUT2D eigenvalue weighted by Crippen LogP contribution is -2.20. The van der Waals surface area contributed by atoms with Crippen LogP contribution in [-0.2, 0) is 16.1 Å². The van der Waals surface area contributed by atoms with Crippen molar-refractivity contribution in [3.63, 3.8) is 0 Å². The minimum Gasteiger partial charge on any atom is -0.341 e. The minimum atomic E-state index is -0.447. The molecule has 0 saturated carbocycles. The number of aromatic nitrogens is 1. The predicted molar refractivity (Wildman–Crippen MR) is 116 cm³/mol. The lowest BCUT2D eigenvalue weighted by Gasteiger charge is -2.10. The second-order valence-corrected chi connectivity index (χ2v) is 7.37. The van der Waals surface area contributed by atoms with E-state index in [1.165, 1.54) is 10.9 Å². The average molecular weight is 383 g/mol. The molecule has 0 aliphatic carbocycles. The molecule has 0 spiro atoms. The van der Waals surface area contributed by atoms with E-state index < -0.39 is 5.92 Å². The van der Waals surface area contributed by atoms with Crippen LogP contribution in [0.2, 0.25) is 0 Å². The summed E-state index contributed by atoms with van der Waals surface area (Å²) >= 11 is 0. The van der Waals surface area contributed by atoms with E-state index in [1.54, 1.807) is 0 Å². The molecule has 5 nitrogen and oxygen atoms in total. The van der Waals surface area contributed by atoms with Gasteiger partial charge in [0.1, 0.15) is 0 Å². The van der Waals surface area contributed by atoms with Crippen LogP contribution in [0.3, 0.4) is 0 Å². The molecule has 3 aromatic carbocycles. The van der Waals surface area contributed by atoms with Gasteiger partial charge >= 0.3 is 0 Å². The molecule has 0 bridgehead atoms. The average Bonchev–Trinajstić information content (AvgIpc) is 3.22. The number of aryl methyl sites for hydroxylation is 1. The number of nitrogens with one attached hydrogen (secondary N) is 2. The highest BCUT2D eigenvalue weighted by atomic mass is 16.2. The van der Waals surface area contributed by atoms with Gasteiger partial charge < -0.3 is 15.2 Å². The number of carbonyl (C=O) groups is 2. The number of rotatable bonds is 4. The van der Waals surface area contributed by atoms with Crippen LogP contribution in [0, 0.1) is 0 Å². The van der Waals surface area contributed by atoms with Gasteiger partial charge in [0.25, 0.3) is 0 Å². The Labute approximate surface area is 168 Å². The Balaban J connectivity index is 1.43. The Morgan fingerprint density at radius 3 is 2.62 bits per heavy atom. The maximum absolute atomic E-state index is 12.7. The fourth-order valence-corrected chi connectivity index (χ4v) is 4.35. The first-order valence-corrected chi connectivity index (χ1v) is 9.86. The topological polar surface area (TPSA) is 63.1 Å². The smallest absolute Gasteiger partial charge is 0.232 e. The van der Waals surface area contributed by atoms with Gasteiger partial charge in [-0.2, -0.15) is 0 Å². The van der Waals surface area contributed by atoms with Crippen LogP contribution >= 0.6 is 0 Å². The molecular formula is C24H21N3O2. The van der Waals surface area contributed by atoms with E-state index in [2.05, 4.69) is 34.3 Å². The van der Waals surface area contributed by atoms with Crippen molar-refractivity contribution in [3.8, 4) is 0 Å². The van der Waals surface area contributed by atoms with Crippen molar-refractivity contribution in [2.75, 3.05) is 10.6 Å². The molecule has 1 atom stereocenters. The summed E-state index contributed by atoms with van der Waals surface area (Å²) in [5.41, 5.74) is 4.76. The van der Waals surface area contributed by atoms with Crippen molar-refractivity contribution >= 4 is 45.0 Å². The van der Waals surface area contributed by atoms with Gasteiger partial charge in [0.15, 0.2) is 0 Å². The van der Waals surface area contributed by atoms with Crippen molar-refractivity contribution in [1.29, 1.82) is 0 Å². The first kappa shape index (κ1) is 17.5. The third kappa shape index (κ3) is 2.86. The highest BCUT2D eigenvalue weighted by Gasteiger charge is 2.31. The Kier molecular flexibility index (Phi) is 4.09. The zero-order chi connectivity index (χ0) is 20.0. The number of fused-ring (bicyclic) bond motifs is 4. The normalized spacial score (nSPS) is 15.5. The Hall–Kier alpha value is -3.60. The summed E-state index contributed by atoms with van der Waals surface area (Å²) < 4.78 is 2.27. The van der Waals surface area contributed by atoms with E-state index >= 15 is 0 Å². The van der Waals surface area contributed by atoms with Gasteiger partial charge in [-0.3, -0.25) is 9.59 Å². The van der Waals surface area contributed by atoms with Crippen molar-refractivity contribution in [1.82, 2.24) is 4.57 Å². The summed E-state index contributed by atoms with van der Waals surface area (Å²) in [7, 11) is 0. The van der Waals surface area contributed by atoms with E-state index in [0.717, 1.165) is 34.4 Å². The molecule has 1 unspecified atom stereocenters. The fourth-order valence-electron chi connectivity index (χ4n) is 4.35. The summed E-state index contributed by atoms with van der Waals surface area (Å²) in [4.78, 5) is 25.0. The van der Waals surface area contributed by atoms with E-state index in [0.29, 0.717) is 0 Å². The van der Waals surface area contributed by atoms with Gasteiger partial charge in [0.05, 0.1) is 5.92 Å². The monoisotopic (exact) mass is 383 g/mol. The SMILES string of the molecule is CCn1c2ccccc2c2cc(NC(=O)CC3C(=O)Nc4ccccc43)ccc21. The quantitative estimate of drug-likeness (QED) is 0.528. The first-order chi connectivity index (χ1) is 14.2. The van der Waals surface area contributed by atoms with Crippen LogP contribution in [0.25, 0.3) is 21.8 Å². The number of para-hydroxylation sites is 2. The fraction of sp³-hybridized carbons (Fsp3) is 0.167. The largest absolute Gasteiger partial charge is 0.341 e. The van der Waals surface area contributed by atoms with Crippen LogP contribution in [0.4, 0.5) is 11.4 Å². The van der Waals surface area contributed by atoms with Crippen molar-refractivity contribution in [2.24, 2.45) is 0 Å². The second-order valence-electron chi connectivity index (χ2n) is 7.37. The Bertz CT molecular complexity index is 1270. The number of carbonyl (C=O) groups excluding carboxylic acids is 2. The van der Waals surface area contributed by atoms with Crippen molar-refractivity contribution in [2.45, 2.75) is 25.8 Å². The third-order valence-corrected chi connectivity index (χ3v) is 5.67. The summed E-state index contributed by atoms with van der Waals surface area (Å²) in [5, 5.41) is 8.11. The molecule has 2 amide bonds. The molecule has 5 rings (SSSR count). The molecule has 2 heterocycles. The molecule has 1 aliphatic rings. The zero-order valence-corrected chi connectivity index (χ0v) is 16.1. The minimum absolute atomic E-state index is 0.122. The molecule has 1 aliphatic heterocycles. The number of amides is 2. The molecule has 0 radical (unpaired) electrons. The third-order valence-electron chi connectivity index (χ3n) is 5.67. The molecule has 5 heteroatoms. The summed E-state index contributed by atoms with van der Waals surface area (Å²) in [6.07, 6.45) is 0.123. The van der Waals surface area contributed by atoms with Gasteiger partial charge in [-0.25, -0.2) is 0 Å². The lowest BCUT2D eigenvalue weighted by atomic mass is 9.97. The van der Waals surface area contributed by atoms with Gasteiger partial charge in [-0.15, -0.1) is 0 Å². The maximum atomic E-state index is 12.7. The highest BCUT2D eigenvalue weighted by Crippen LogP contribution is 2.35. The number of anilines is 2. The molecular weight excluding hydrogens is 362 g/mol. The van der Waals surface area contributed by atoms with Gasteiger partial charge in [0.2, 0.25) is 11.8 Å². The zero-order valence-electron chi connectivity index (χ0n) is 16.1. The number of hydrogen-bond acceptors (Lipinski definition) is 2. The molecule has 2 N–H and O–H groups in total. The van der Waals surface area contributed by atoms with Gasteiger partial charge in [-0.05, 0) is 42.8 Å². The molecule has 1 aromatic heterocycles.